The van der Waals surface area contributed by atoms with Crippen LogP contribution in [-0.4, -0.2) is 51.3 Å². The third-order valence-corrected chi connectivity index (χ3v) is 3.17. The molecule has 2 N–H and O–H groups in total. The van der Waals surface area contributed by atoms with Crippen LogP contribution in [0.25, 0.3) is 0 Å². The molecule has 1 heterocycles. The molecule has 0 radical (unpaired) electrons. The summed E-state index contributed by atoms with van der Waals surface area (Å²) >= 11 is 0. The Morgan fingerprint density at radius 3 is 2.58 bits per heavy atom. The highest BCUT2D eigenvalue weighted by atomic mass is 16.5. The van der Waals surface area contributed by atoms with Gasteiger partial charge >= 0.3 is 6.03 Å². The van der Waals surface area contributed by atoms with Gasteiger partial charge in [0, 0.05) is 37.9 Å². The maximum absolute atomic E-state index is 12.2. The van der Waals surface area contributed by atoms with Gasteiger partial charge in [-0.05, 0) is 12.1 Å². The molecule has 0 unspecified atom stereocenters. The second-order valence-electron chi connectivity index (χ2n) is 4.25. The number of hydrogen-bond acceptors (Lipinski definition) is 4. The van der Waals surface area contributed by atoms with Crippen molar-refractivity contribution in [3.8, 4) is 11.5 Å². The number of benzene rings is 1. The first-order valence-electron chi connectivity index (χ1n) is 6.19. The monoisotopic (exact) mass is 265 g/mol. The SMILES string of the molecule is COc1ccc(N2CCN(CCN)C2=O)cc1OC. The summed E-state index contributed by atoms with van der Waals surface area (Å²) in [6.07, 6.45) is 0. The van der Waals surface area contributed by atoms with E-state index < -0.39 is 0 Å². The van der Waals surface area contributed by atoms with Crippen LogP contribution in [0.3, 0.4) is 0 Å². The van der Waals surface area contributed by atoms with Crippen LogP contribution in [-0.2, 0) is 0 Å². The highest BCUT2D eigenvalue weighted by Gasteiger charge is 2.29. The second kappa shape index (κ2) is 5.79. The fraction of sp³-hybridized carbons (Fsp3) is 0.462. The van der Waals surface area contributed by atoms with Gasteiger partial charge in [-0.2, -0.15) is 0 Å². The number of rotatable bonds is 5. The van der Waals surface area contributed by atoms with Crippen LogP contribution in [0.1, 0.15) is 0 Å². The number of amides is 2. The number of ether oxygens (including phenoxy) is 2. The van der Waals surface area contributed by atoms with Crippen molar-refractivity contribution in [1.29, 1.82) is 0 Å². The first-order chi connectivity index (χ1) is 9.21. The summed E-state index contributed by atoms with van der Waals surface area (Å²) in [4.78, 5) is 15.6. The lowest BCUT2D eigenvalue weighted by Gasteiger charge is -2.19. The summed E-state index contributed by atoms with van der Waals surface area (Å²) in [5.74, 6) is 1.27. The number of anilines is 1. The van der Waals surface area contributed by atoms with E-state index in [1.54, 1.807) is 30.1 Å². The van der Waals surface area contributed by atoms with Crippen LogP contribution < -0.4 is 20.1 Å². The number of nitrogens with two attached hydrogens (primary N) is 1. The predicted molar refractivity (Wildman–Crippen MR) is 72.9 cm³/mol. The molecule has 6 heteroatoms. The molecule has 19 heavy (non-hydrogen) atoms. The van der Waals surface area contributed by atoms with E-state index in [9.17, 15) is 4.79 Å². The van der Waals surface area contributed by atoms with Crippen LogP contribution >= 0.6 is 0 Å². The van der Waals surface area contributed by atoms with Gasteiger partial charge in [0.05, 0.1) is 14.2 Å². The van der Waals surface area contributed by atoms with Crippen LogP contribution in [0.5, 0.6) is 11.5 Å². The van der Waals surface area contributed by atoms with Gasteiger partial charge in [-0.3, -0.25) is 4.90 Å². The summed E-state index contributed by atoms with van der Waals surface area (Å²) in [5, 5.41) is 0. The van der Waals surface area contributed by atoms with Gasteiger partial charge < -0.3 is 20.1 Å². The van der Waals surface area contributed by atoms with Crippen molar-refractivity contribution in [2.45, 2.75) is 0 Å². The Labute approximate surface area is 112 Å². The molecule has 1 aliphatic rings. The summed E-state index contributed by atoms with van der Waals surface area (Å²) in [6.45, 7) is 2.42. The Hall–Kier alpha value is -1.95. The minimum Gasteiger partial charge on any atom is -0.493 e. The Morgan fingerprint density at radius 1 is 1.21 bits per heavy atom. The minimum absolute atomic E-state index is 0.0160. The maximum Gasteiger partial charge on any atom is 0.324 e. The zero-order valence-corrected chi connectivity index (χ0v) is 11.3. The third-order valence-electron chi connectivity index (χ3n) is 3.17. The Morgan fingerprint density at radius 2 is 1.95 bits per heavy atom. The summed E-state index contributed by atoms with van der Waals surface area (Å²) < 4.78 is 10.4. The molecule has 0 bridgehead atoms. The van der Waals surface area contributed by atoms with Crippen LogP contribution in [0, 0.1) is 0 Å². The maximum atomic E-state index is 12.2. The molecule has 0 spiro atoms. The molecular formula is C13H19N3O3. The Kier molecular flexibility index (Phi) is 4.11. The van der Waals surface area contributed by atoms with Crippen molar-refractivity contribution in [3.63, 3.8) is 0 Å². The van der Waals surface area contributed by atoms with E-state index in [0.29, 0.717) is 37.7 Å². The summed E-state index contributed by atoms with van der Waals surface area (Å²) in [5.41, 5.74) is 6.30. The van der Waals surface area contributed by atoms with Gasteiger partial charge in [-0.1, -0.05) is 0 Å². The van der Waals surface area contributed by atoms with Crippen LogP contribution in [0.15, 0.2) is 18.2 Å². The molecule has 1 fully saturated rings. The van der Waals surface area contributed by atoms with Crippen LogP contribution in [0.2, 0.25) is 0 Å². The summed E-state index contributed by atoms with van der Waals surface area (Å²) in [6, 6.07) is 5.44. The van der Waals surface area contributed by atoms with E-state index >= 15 is 0 Å². The highest BCUT2D eigenvalue weighted by Crippen LogP contribution is 2.32. The predicted octanol–water partition coefficient (Wildman–Crippen LogP) is 0.905. The number of nitrogens with zero attached hydrogens (tertiary/aromatic N) is 2. The van der Waals surface area contributed by atoms with Gasteiger partial charge in [0.2, 0.25) is 0 Å². The highest BCUT2D eigenvalue weighted by molar-refractivity contribution is 5.94. The molecule has 2 rings (SSSR count). The molecule has 0 saturated carbocycles. The summed E-state index contributed by atoms with van der Waals surface area (Å²) in [7, 11) is 3.16. The molecule has 0 atom stereocenters. The Balaban J connectivity index is 2.21. The average molecular weight is 265 g/mol. The van der Waals surface area contributed by atoms with Gasteiger partial charge in [-0.15, -0.1) is 0 Å². The molecule has 1 saturated heterocycles. The fourth-order valence-electron chi connectivity index (χ4n) is 2.18. The molecular weight excluding hydrogens is 246 g/mol. The van der Waals surface area contributed by atoms with Crippen molar-refractivity contribution in [3.05, 3.63) is 18.2 Å². The lowest BCUT2D eigenvalue weighted by molar-refractivity contribution is 0.222. The van der Waals surface area contributed by atoms with E-state index in [2.05, 4.69) is 0 Å². The molecule has 6 nitrogen and oxygen atoms in total. The van der Waals surface area contributed by atoms with Crippen molar-refractivity contribution in [2.24, 2.45) is 5.73 Å². The van der Waals surface area contributed by atoms with Crippen molar-refractivity contribution >= 4 is 11.7 Å². The average Bonchev–Trinajstić information content (AvgIpc) is 2.80. The van der Waals surface area contributed by atoms with Crippen LogP contribution in [0.4, 0.5) is 10.5 Å². The van der Waals surface area contributed by atoms with Crippen molar-refractivity contribution in [1.82, 2.24) is 4.90 Å². The number of methoxy groups -OCH3 is 2. The molecule has 1 aromatic rings. The van der Waals surface area contributed by atoms with Crippen molar-refractivity contribution < 1.29 is 14.3 Å². The van der Waals surface area contributed by atoms with E-state index in [-0.39, 0.29) is 6.03 Å². The van der Waals surface area contributed by atoms with E-state index in [0.717, 1.165) is 5.69 Å². The second-order valence-corrected chi connectivity index (χ2v) is 4.25. The zero-order chi connectivity index (χ0) is 13.8. The normalized spacial score (nSPS) is 15.0. The lowest BCUT2D eigenvalue weighted by Crippen LogP contribution is -2.34. The number of carbonyl (C=O) groups is 1. The van der Waals surface area contributed by atoms with Gasteiger partial charge in [0.1, 0.15) is 0 Å². The molecule has 0 aromatic heterocycles. The number of carbonyl (C=O) groups excluding carboxylic acids is 1. The standard InChI is InChI=1S/C13H19N3O3/c1-18-11-4-3-10(9-12(11)19-2)16-8-7-15(6-5-14)13(16)17/h3-4,9H,5-8,14H2,1-2H3. The van der Waals surface area contributed by atoms with Gasteiger partial charge in [0.25, 0.3) is 0 Å². The van der Waals surface area contributed by atoms with E-state index in [4.69, 9.17) is 15.2 Å². The largest absolute Gasteiger partial charge is 0.493 e. The zero-order valence-electron chi connectivity index (χ0n) is 11.3. The molecule has 104 valence electrons. The first kappa shape index (κ1) is 13.5. The number of hydrogen-bond donors (Lipinski definition) is 1. The van der Waals surface area contributed by atoms with Gasteiger partial charge in [0.15, 0.2) is 11.5 Å². The van der Waals surface area contributed by atoms with E-state index in [1.165, 1.54) is 0 Å². The fourth-order valence-corrected chi connectivity index (χ4v) is 2.18. The smallest absolute Gasteiger partial charge is 0.324 e. The quantitative estimate of drug-likeness (QED) is 0.859. The third kappa shape index (κ3) is 2.58. The lowest BCUT2D eigenvalue weighted by atomic mass is 10.2. The number of urea groups is 1. The first-order valence-corrected chi connectivity index (χ1v) is 6.19. The topological polar surface area (TPSA) is 68.0 Å². The minimum atomic E-state index is -0.0160. The van der Waals surface area contributed by atoms with Gasteiger partial charge in [-0.25, -0.2) is 4.79 Å². The van der Waals surface area contributed by atoms with Crippen molar-refractivity contribution in [2.75, 3.05) is 45.3 Å². The van der Waals surface area contributed by atoms with E-state index in [1.807, 2.05) is 12.1 Å². The molecule has 1 aliphatic heterocycles. The Bertz CT molecular complexity index is 464. The molecule has 2 amide bonds. The molecule has 0 aliphatic carbocycles. The molecule has 1 aromatic carbocycles.